The number of pyridine rings is 1. The average molecular weight is 243 g/mol. The molecule has 0 aliphatic carbocycles. The summed E-state index contributed by atoms with van der Waals surface area (Å²) >= 11 is 5.00. The smallest absolute Gasteiger partial charge is 0.181 e. The van der Waals surface area contributed by atoms with Gasteiger partial charge in [0.2, 0.25) is 0 Å². The van der Waals surface area contributed by atoms with Crippen LogP contribution in [0.3, 0.4) is 0 Å². The molecule has 0 bridgehead atoms. The number of hydrogen-bond donors (Lipinski definition) is 1. The van der Waals surface area contributed by atoms with Crippen LogP contribution >= 0.6 is 12.2 Å². The highest BCUT2D eigenvalue weighted by Crippen LogP contribution is 2.22. The summed E-state index contributed by atoms with van der Waals surface area (Å²) in [4.78, 5) is 4.72. The molecule has 2 N–H and O–H groups in total. The molecule has 0 radical (unpaired) electrons. The fourth-order valence-electron chi connectivity index (χ4n) is 1.80. The zero-order valence-corrected chi connectivity index (χ0v) is 9.65. The number of fused-ring (bicyclic) bond motifs is 1. The van der Waals surface area contributed by atoms with Gasteiger partial charge in [-0.3, -0.25) is 4.40 Å². The molecule has 3 aromatic rings. The molecule has 3 heterocycles. The van der Waals surface area contributed by atoms with Crippen molar-refractivity contribution in [2.24, 2.45) is 5.73 Å². The zero-order chi connectivity index (χ0) is 11.8. The summed E-state index contributed by atoms with van der Waals surface area (Å²) in [6.07, 6.45) is 3.52. The molecule has 0 spiro atoms. The number of thiocarbonyl (C=S) groups is 1. The number of nitrogens with zero attached hydrogens (tertiary/aromatic N) is 2. The van der Waals surface area contributed by atoms with Crippen LogP contribution in [0.5, 0.6) is 0 Å². The first-order chi connectivity index (χ1) is 8.27. The van der Waals surface area contributed by atoms with Gasteiger partial charge >= 0.3 is 0 Å². The second-order valence-electron chi connectivity index (χ2n) is 3.58. The minimum Gasteiger partial charge on any atom is -0.461 e. The first kappa shape index (κ1) is 10.0. The maximum absolute atomic E-state index is 5.67. The monoisotopic (exact) mass is 243 g/mol. The highest BCUT2D eigenvalue weighted by atomic mass is 32.1. The molecule has 0 aliphatic heterocycles. The Balaban J connectivity index is 2.37. The molecule has 17 heavy (non-hydrogen) atoms. The lowest BCUT2D eigenvalue weighted by Gasteiger charge is -1.96. The molecule has 0 saturated heterocycles. The van der Waals surface area contributed by atoms with E-state index in [1.165, 1.54) is 0 Å². The zero-order valence-electron chi connectivity index (χ0n) is 8.83. The molecule has 84 valence electrons. The Kier molecular flexibility index (Phi) is 2.19. The van der Waals surface area contributed by atoms with Gasteiger partial charge in [0.25, 0.3) is 0 Å². The lowest BCUT2D eigenvalue weighted by atomic mass is 10.3. The summed E-state index contributed by atoms with van der Waals surface area (Å²) in [6.45, 7) is 0. The second kappa shape index (κ2) is 3.71. The molecule has 3 aromatic heterocycles. The van der Waals surface area contributed by atoms with E-state index in [0.717, 1.165) is 5.52 Å². The number of hydrogen-bond acceptors (Lipinski definition) is 3. The SMILES string of the molecule is NC(=S)c1nc(-c2ccco2)n2ccccc12. The predicted molar refractivity (Wildman–Crippen MR) is 68.8 cm³/mol. The second-order valence-corrected chi connectivity index (χ2v) is 4.02. The summed E-state index contributed by atoms with van der Waals surface area (Å²) in [5.74, 6) is 1.39. The van der Waals surface area contributed by atoms with Crippen LogP contribution in [0, 0.1) is 0 Å². The van der Waals surface area contributed by atoms with Crippen molar-refractivity contribution in [2.45, 2.75) is 0 Å². The van der Waals surface area contributed by atoms with Crippen molar-refractivity contribution >= 4 is 22.7 Å². The fourth-order valence-corrected chi connectivity index (χ4v) is 1.95. The summed E-state index contributed by atoms with van der Waals surface area (Å²) in [6, 6.07) is 9.44. The summed E-state index contributed by atoms with van der Waals surface area (Å²) in [5, 5.41) is 0. The van der Waals surface area contributed by atoms with E-state index in [0.29, 0.717) is 17.3 Å². The minimum absolute atomic E-state index is 0.284. The summed E-state index contributed by atoms with van der Waals surface area (Å²) in [5.41, 5.74) is 7.17. The molecule has 4 nitrogen and oxygen atoms in total. The molecule has 0 aromatic carbocycles. The third-order valence-corrected chi connectivity index (χ3v) is 2.72. The van der Waals surface area contributed by atoms with E-state index >= 15 is 0 Å². The predicted octanol–water partition coefficient (Wildman–Crippen LogP) is 2.23. The number of aromatic nitrogens is 2. The van der Waals surface area contributed by atoms with E-state index in [2.05, 4.69) is 4.98 Å². The van der Waals surface area contributed by atoms with Gasteiger partial charge < -0.3 is 10.2 Å². The van der Waals surface area contributed by atoms with Gasteiger partial charge in [-0.15, -0.1) is 0 Å². The number of nitrogens with two attached hydrogens (primary N) is 1. The quantitative estimate of drug-likeness (QED) is 0.701. The van der Waals surface area contributed by atoms with Crippen molar-refractivity contribution < 1.29 is 4.42 Å². The van der Waals surface area contributed by atoms with Crippen molar-refractivity contribution in [1.29, 1.82) is 0 Å². The Morgan fingerprint density at radius 2 is 2.18 bits per heavy atom. The molecule has 0 aliphatic rings. The van der Waals surface area contributed by atoms with Crippen molar-refractivity contribution in [3.63, 3.8) is 0 Å². The molecule has 0 fully saturated rings. The highest BCUT2D eigenvalue weighted by molar-refractivity contribution is 7.80. The molecule has 3 rings (SSSR count). The van der Waals surface area contributed by atoms with Gasteiger partial charge in [0.15, 0.2) is 11.6 Å². The van der Waals surface area contributed by atoms with E-state index in [9.17, 15) is 0 Å². The summed E-state index contributed by atoms with van der Waals surface area (Å²) in [7, 11) is 0. The van der Waals surface area contributed by atoms with E-state index in [-0.39, 0.29) is 4.99 Å². The third kappa shape index (κ3) is 1.52. The van der Waals surface area contributed by atoms with Crippen molar-refractivity contribution in [3.8, 4) is 11.6 Å². The normalized spacial score (nSPS) is 10.8. The molecule has 0 atom stereocenters. The topological polar surface area (TPSA) is 56.5 Å². The van der Waals surface area contributed by atoms with Crippen LogP contribution in [-0.4, -0.2) is 14.4 Å². The fraction of sp³-hybridized carbons (Fsp3) is 0. The van der Waals surface area contributed by atoms with E-state index in [1.807, 2.05) is 40.9 Å². The van der Waals surface area contributed by atoms with Crippen molar-refractivity contribution in [1.82, 2.24) is 9.38 Å². The molecule has 5 heteroatoms. The van der Waals surface area contributed by atoms with Gasteiger partial charge in [-0.2, -0.15) is 0 Å². The van der Waals surface area contributed by atoms with Crippen LogP contribution in [0.25, 0.3) is 17.1 Å². The molecular weight excluding hydrogens is 234 g/mol. The maximum Gasteiger partial charge on any atom is 0.181 e. The maximum atomic E-state index is 5.67. The van der Waals surface area contributed by atoms with E-state index in [1.54, 1.807) is 6.26 Å². The Morgan fingerprint density at radius 3 is 2.88 bits per heavy atom. The van der Waals surface area contributed by atoms with Crippen LogP contribution < -0.4 is 5.73 Å². The van der Waals surface area contributed by atoms with Crippen LogP contribution in [0.1, 0.15) is 5.69 Å². The Hall–Kier alpha value is -2.14. The Bertz CT molecular complexity index is 685. The highest BCUT2D eigenvalue weighted by Gasteiger charge is 2.15. The first-order valence-corrected chi connectivity index (χ1v) is 5.49. The molecule has 0 unspecified atom stereocenters. The molecular formula is C12H9N3OS. The van der Waals surface area contributed by atoms with Crippen molar-refractivity contribution in [3.05, 3.63) is 48.5 Å². The van der Waals surface area contributed by atoms with Crippen LogP contribution in [0.15, 0.2) is 47.2 Å². The van der Waals surface area contributed by atoms with Crippen LogP contribution in [0.2, 0.25) is 0 Å². The third-order valence-electron chi connectivity index (χ3n) is 2.52. The van der Waals surface area contributed by atoms with Crippen LogP contribution in [-0.2, 0) is 0 Å². The van der Waals surface area contributed by atoms with Gasteiger partial charge in [-0.25, -0.2) is 4.98 Å². The largest absolute Gasteiger partial charge is 0.461 e. The lowest BCUT2D eigenvalue weighted by Crippen LogP contribution is -2.10. The van der Waals surface area contributed by atoms with Gasteiger partial charge in [-0.05, 0) is 24.3 Å². The van der Waals surface area contributed by atoms with Crippen LogP contribution in [0.4, 0.5) is 0 Å². The number of imidazole rings is 1. The molecule has 0 saturated carbocycles. The van der Waals surface area contributed by atoms with Gasteiger partial charge in [0, 0.05) is 6.20 Å². The average Bonchev–Trinajstić information content (AvgIpc) is 2.95. The molecule has 0 amide bonds. The Labute approximate surface area is 103 Å². The minimum atomic E-state index is 0.284. The van der Waals surface area contributed by atoms with E-state index in [4.69, 9.17) is 22.4 Å². The van der Waals surface area contributed by atoms with Gasteiger partial charge in [-0.1, -0.05) is 18.3 Å². The number of rotatable bonds is 2. The van der Waals surface area contributed by atoms with E-state index < -0.39 is 0 Å². The van der Waals surface area contributed by atoms with Gasteiger partial charge in [0.1, 0.15) is 10.7 Å². The summed E-state index contributed by atoms with van der Waals surface area (Å²) < 4.78 is 7.26. The number of furan rings is 1. The van der Waals surface area contributed by atoms with Gasteiger partial charge in [0.05, 0.1) is 11.8 Å². The standard InChI is InChI=1S/C12H9N3OS/c13-11(17)10-8-4-1-2-6-15(8)12(14-10)9-5-3-7-16-9/h1-7H,(H2,13,17). The lowest BCUT2D eigenvalue weighted by molar-refractivity contribution is 0.577. The van der Waals surface area contributed by atoms with Crippen molar-refractivity contribution in [2.75, 3.05) is 0 Å². The first-order valence-electron chi connectivity index (χ1n) is 5.08. The Morgan fingerprint density at radius 1 is 1.29 bits per heavy atom.